The summed E-state index contributed by atoms with van der Waals surface area (Å²) < 4.78 is 28.5. The monoisotopic (exact) mass is 419 g/mol. The van der Waals surface area contributed by atoms with E-state index in [2.05, 4.69) is 47.2 Å². The lowest BCUT2D eigenvalue weighted by molar-refractivity contribution is -0.0128. The summed E-state index contributed by atoms with van der Waals surface area (Å²) in [4.78, 5) is 16.0. The Balaban J connectivity index is 2.01. The van der Waals surface area contributed by atoms with E-state index in [-0.39, 0.29) is 18.2 Å². The van der Waals surface area contributed by atoms with E-state index in [0.29, 0.717) is 17.8 Å². The molecule has 5 nitrogen and oxygen atoms in total. The van der Waals surface area contributed by atoms with E-state index >= 15 is 0 Å². The molecule has 0 aromatic carbocycles. The molecule has 7 heteroatoms. The van der Waals surface area contributed by atoms with Gasteiger partial charge >= 0.3 is 0 Å². The minimum absolute atomic E-state index is 0.183. The van der Waals surface area contributed by atoms with Crippen LogP contribution in [-0.2, 0) is 5.92 Å². The molecule has 1 aromatic rings. The van der Waals surface area contributed by atoms with Crippen LogP contribution < -0.4 is 0 Å². The SMILES string of the molecule is C=C1c2cc(C(F)(F)CC)ncc2N=C(C(CCC)N2CCCN(C)CC2)N1CC. The lowest BCUT2D eigenvalue weighted by atomic mass is 10.0. The fourth-order valence-corrected chi connectivity index (χ4v) is 4.35. The molecule has 166 valence electrons. The first-order valence-electron chi connectivity index (χ1n) is 11.2. The van der Waals surface area contributed by atoms with Crippen LogP contribution in [0.1, 0.15) is 57.7 Å². The molecule has 0 radical (unpaired) electrons. The van der Waals surface area contributed by atoms with E-state index in [9.17, 15) is 8.78 Å². The molecule has 0 saturated carbocycles. The number of likely N-dealkylation sites (N-methyl/N-ethyl adjacent to an activating group) is 2. The predicted molar refractivity (Wildman–Crippen MR) is 119 cm³/mol. The molecule has 1 aromatic heterocycles. The summed E-state index contributed by atoms with van der Waals surface area (Å²) in [7, 11) is 2.17. The molecule has 1 saturated heterocycles. The zero-order valence-corrected chi connectivity index (χ0v) is 18.8. The van der Waals surface area contributed by atoms with Crippen molar-refractivity contribution in [3.05, 3.63) is 30.1 Å². The second kappa shape index (κ2) is 9.52. The summed E-state index contributed by atoms with van der Waals surface area (Å²) in [6.07, 6.45) is 4.39. The second-order valence-electron chi connectivity index (χ2n) is 8.30. The first-order chi connectivity index (χ1) is 14.3. The van der Waals surface area contributed by atoms with Gasteiger partial charge in [-0.25, -0.2) is 4.99 Å². The first kappa shape index (κ1) is 22.8. The third-order valence-corrected chi connectivity index (χ3v) is 6.22. The molecule has 2 aliphatic heterocycles. The second-order valence-corrected chi connectivity index (χ2v) is 8.30. The molecule has 30 heavy (non-hydrogen) atoms. The Morgan fingerprint density at radius 3 is 2.60 bits per heavy atom. The van der Waals surface area contributed by atoms with Crippen molar-refractivity contribution in [1.82, 2.24) is 19.7 Å². The fraction of sp³-hybridized carbons (Fsp3) is 0.652. The minimum atomic E-state index is -2.95. The summed E-state index contributed by atoms with van der Waals surface area (Å²) in [5.41, 5.74) is 1.83. The quantitative estimate of drug-likeness (QED) is 0.640. The molecule has 0 bridgehead atoms. The number of halogens is 2. The summed E-state index contributed by atoms with van der Waals surface area (Å²) in [6, 6.07) is 1.66. The fourth-order valence-electron chi connectivity index (χ4n) is 4.35. The van der Waals surface area contributed by atoms with Crippen molar-refractivity contribution in [2.45, 2.75) is 58.4 Å². The van der Waals surface area contributed by atoms with Gasteiger partial charge in [-0.15, -0.1) is 0 Å². The van der Waals surface area contributed by atoms with Crippen LogP contribution in [0.25, 0.3) is 5.70 Å². The number of pyridine rings is 1. The lowest BCUT2D eigenvalue weighted by Gasteiger charge is -2.40. The van der Waals surface area contributed by atoms with Crippen molar-refractivity contribution in [3.8, 4) is 0 Å². The van der Waals surface area contributed by atoms with Gasteiger partial charge in [0.1, 0.15) is 11.5 Å². The van der Waals surface area contributed by atoms with Crippen molar-refractivity contribution in [3.63, 3.8) is 0 Å². The van der Waals surface area contributed by atoms with Crippen molar-refractivity contribution in [2.24, 2.45) is 4.99 Å². The number of alkyl halides is 2. The average Bonchev–Trinajstić information content (AvgIpc) is 2.96. The number of fused-ring (bicyclic) bond motifs is 1. The molecule has 1 atom stereocenters. The average molecular weight is 420 g/mol. The number of rotatable bonds is 7. The zero-order valence-electron chi connectivity index (χ0n) is 18.8. The molecular formula is C23H35F2N5. The van der Waals surface area contributed by atoms with Gasteiger partial charge in [-0.2, -0.15) is 8.78 Å². The Bertz CT molecular complexity index is 792. The van der Waals surface area contributed by atoms with Crippen LogP contribution in [0.5, 0.6) is 0 Å². The van der Waals surface area contributed by atoms with Gasteiger partial charge in [0, 0.05) is 43.9 Å². The molecule has 3 rings (SSSR count). The van der Waals surface area contributed by atoms with Crippen LogP contribution in [0.15, 0.2) is 23.8 Å². The van der Waals surface area contributed by atoms with Crippen molar-refractivity contribution >= 4 is 17.2 Å². The van der Waals surface area contributed by atoms with Crippen LogP contribution in [0.2, 0.25) is 0 Å². The zero-order chi connectivity index (χ0) is 21.9. The van der Waals surface area contributed by atoms with E-state index in [1.165, 1.54) is 19.2 Å². The maximum absolute atomic E-state index is 14.2. The van der Waals surface area contributed by atoms with Gasteiger partial charge in [-0.3, -0.25) is 9.88 Å². The number of aliphatic imine (C=N–C) groups is 1. The smallest absolute Gasteiger partial charge is 0.289 e. The van der Waals surface area contributed by atoms with Gasteiger partial charge in [0.2, 0.25) is 0 Å². The number of aromatic nitrogens is 1. The maximum Gasteiger partial charge on any atom is 0.289 e. The molecule has 3 heterocycles. The van der Waals surface area contributed by atoms with Crippen LogP contribution in [0.4, 0.5) is 14.5 Å². The number of nitrogens with zero attached hydrogens (tertiary/aromatic N) is 5. The standard InChI is InChI=1S/C23H35F2N5/c1-6-10-20(29-12-9-11-28(5)13-14-29)22-27-19-16-26-21(23(24,25)7-2)15-18(19)17(4)30(22)8-3/h15-16,20H,4,6-14H2,1-3,5H3. The maximum atomic E-state index is 14.2. The van der Waals surface area contributed by atoms with Crippen molar-refractivity contribution in [1.29, 1.82) is 0 Å². The predicted octanol–water partition coefficient (Wildman–Crippen LogP) is 4.73. The Hall–Kier alpha value is -1.86. The molecule has 0 spiro atoms. The normalized spacial score (nSPS) is 20.0. The van der Waals surface area contributed by atoms with Crippen LogP contribution in [0.3, 0.4) is 0 Å². The number of hydrogen-bond donors (Lipinski definition) is 0. The van der Waals surface area contributed by atoms with E-state index in [0.717, 1.165) is 57.0 Å². The topological polar surface area (TPSA) is 35.0 Å². The third-order valence-electron chi connectivity index (χ3n) is 6.22. The van der Waals surface area contributed by atoms with E-state index < -0.39 is 5.92 Å². The first-order valence-corrected chi connectivity index (χ1v) is 11.2. The molecular weight excluding hydrogens is 384 g/mol. The highest BCUT2D eigenvalue weighted by Crippen LogP contribution is 2.38. The van der Waals surface area contributed by atoms with E-state index in [1.807, 2.05) is 0 Å². The molecule has 0 N–H and O–H groups in total. The van der Waals surface area contributed by atoms with E-state index in [4.69, 9.17) is 4.99 Å². The summed E-state index contributed by atoms with van der Waals surface area (Å²) in [5.74, 6) is -1.97. The highest BCUT2D eigenvalue weighted by atomic mass is 19.3. The Labute approximate surface area is 179 Å². The largest absolute Gasteiger partial charge is 0.329 e. The number of amidine groups is 1. The third kappa shape index (κ3) is 4.57. The molecule has 1 unspecified atom stereocenters. The summed E-state index contributed by atoms with van der Waals surface area (Å²) in [6.45, 7) is 14.9. The Morgan fingerprint density at radius 2 is 1.93 bits per heavy atom. The van der Waals surface area contributed by atoms with Crippen LogP contribution >= 0.6 is 0 Å². The van der Waals surface area contributed by atoms with Gasteiger partial charge in [0.25, 0.3) is 5.92 Å². The number of hydrogen-bond acceptors (Lipinski definition) is 5. The Morgan fingerprint density at radius 1 is 1.17 bits per heavy atom. The highest BCUT2D eigenvalue weighted by molar-refractivity contribution is 6.00. The van der Waals surface area contributed by atoms with Crippen molar-refractivity contribution < 1.29 is 8.78 Å². The highest BCUT2D eigenvalue weighted by Gasteiger charge is 2.35. The van der Waals surface area contributed by atoms with Crippen molar-refractivity contribution in [2.75, 3.05) is 39.8 Å². The summed E-state index contributed by atoms with van der Waals surface area (Å²) in [5, 5.41) is 0. The minimum Gasteiger partial charge on any atom is -0.329 e. The Kier molecular flexibility index (Phi) is 7.24. The molecule has 2 aliphatic rings. The van der Waals surface area contributed by atoms with Gasteiger partial charge in [0.05, 0.1) is 17.9 Å². The molecule has 0 aliphatic carbocycles. The van der Waals surface area contributed by atoms with E-state index in [1.54, 1.807) is 0 Å². The van der Waals surface area contributed by atoms with Gasteiger partial charge in [-0.1, -0.05) is 26.8 Å². The molecule has 1 fully saturated rings. The van der Waals surface area contributed by atoms with Crippen LogP contribution in [-0.4, -0.2) is 71.3 Å². The van der Waals surface area contributed by atoms with Gasteiger partial charge < -0.3 is 9.80 Å². The van der Waals surface area contributed by atoms with Gasteiger partial charge in [-0.05, 0) is 39.4 Å². The summed E-state index contributed by atoms with van der Waals surface area (Å²) >= 11 is 0. The van der Waals surface area contributed by atoms with Crippen LogP contribution in [0, 0.1) is 0 Å². The molecule has 0 amide bonds. The van der Waals surface area contributed by atoms with Gasteiger partial charge in [0.15, 0.2) is 0 Å². The lowest BCUT2D eigenvalue weighted by Crippen LogP contribution is -2.50.